The van der Waals surface area contributed by atoms with Crippen molar-refractivity contribution in [2.45, 2.75) is 39.2 Å². The number of rotatable bonds is 6. The molecule has 1 atom stereocenters. The summed E-state index contributed by atoms with van der Waals surface area (Å²) in [4.78, 5) is 10.2. The highest BCUT2D eigenvalue weighted by molar-refractivity contribution is 5.72. The number of nitrogens with one attached hydrogen (secondary N) is 1. The zero-order chi connectivity index (χ0) is 10.7. The molecule has 0 aromatic carbocycles. The molecule has 0 aliphatic carbocycles. The summed E-state index contributed by atoms with van der Waals surface area (Å²) in [5, 5.41) is 11.4. The van der Waals surface area contributed by atoms with Crippen LogP contribution < -0.4 is 11.1 Å². The van der Waals surface area contributed by atoms with Crippen molar-refractivity contribution in [1.82, 2.24) is 5.32 Å². The highest BCUT2D eigenvalue weighted by Gasteiger charge is 2.09. The van der Waals surface area contributed by atoms with E-state index in [1.54, 1.807) is 0 Å². The first kappa shape index (κ1) is 14.9. The fourth-order valence-electron chi connectivity index (χ4n) is 0.790. The molecule has 0 fully saturated rings. The maximum absolute atomic E-state index is 10.2. The summed E-state index contributed by atoms with van der Waals surface area (Å²) in [5.74, 6) is -0.908. The van der Waals surface area contributed by atoms with Crippen molar-refractivity contribution >= 4 is 5.97 Å². The van der Waals surface area contributed by atoms with E-state index in [9.17, 15) is 4.79 Å². The Morgan fingerprint density at radius 3 is 2.38 bits per heavy atom. The van der Waals surface area contributed by atoms with E-state index in [4.69, 9.17) is 10.8 Å². The lowest BCUT2D eigenvalue weighted by atomic mass is 10.1. The van der Waals surface area contributed by atoms with Gasteiger partial charge in [0.2, 0.25) is 0 Å². The number of unbranched alkanes of at least 4 members (excludes halogenated alkanes) is 1. The second-order valence-electron chi connectivity index (χ2n) is 2.54. The molecule has 0 aliphatic rings. The number of hydrogen-bond donors (Lipinski definition) is 3. The topological polar surface area (TPSA) is 75.3 Å². The minimum absolute atomic E-state index is 0.566. The van der Waals surface area contributed by atoms with E-state index in [-0.39, 0.29) is 0 Å². The number of hydrogen-bond acceptors (Lipinski definition) is 3. The fraction of sp³-hybridized carbons (Fsp3) is 0.889. The third-order valence-electron chi connectivity index (χ3n) is 1.51. The lowest BCUT2D eigenvalue weighted by Crippen LogP contribution is -2.29. The number of carboxylic acid groups (broad SMARTS) is 1. The maximum Gasteiger partial charge on any atom is 0.320 e. The van der Waals surface area contributed by atoms with Gasteiger partial charge in [0.25, 0.3) is 0 Å². The Labute approximate surface area is 80.5 Å². The van der Waals surface area contributed by atoms with Gasteiger partial charge >= 0.3 is 5.97 Å². The summed E-state index contributed by atoms with van der Waals surface area (Å²) >= 11 is 0. The van der Waals surface area contributed by atoms with Gasteiger partial charge in [0.1, 0.15) is 6.04 Å². The largest absolute Gasteiger partial charge is 0.480 e. The van der Waals surface area contributed by atoms with Gasteiger partial charge < -0.3 is 16.2 Å². The van der Waals surface area contributed by atoms with Crippen LogP contribution in [-0.4, -0.2) is 30.7 Å². The molecule has 0 spiro atoms. The zero-order valence-corrected chi connectivity index (χ0v) is 8.84. The van der Waals surface area contributed by atoms with E-state index < -0.39 is 12.0 Å². The molecule has 0 unspecified atom stereocenters. The molecule has 0 heterocycles. The van der Waals surface area contributed by atoms with Crippen molar-refractivity contribution in [1.29, 1.82) is 0 Å². The van der Waals surface area contributed by atoms with E-state index in [0.717, 1.165) is 19.4 Å². The van der Waals surface area contributed by atoms with Gasteiger partial charge in [-0.25, -0.2) is 0 Å². The molecule has 4 heteroatoms. The van der Waals surface area contributed by atoms with Crippen LogP contribution in [0, 0.1) is 0 Å². The highest BCUT2D eigenvalue weighted by atomic mass is 16.4. The Morgan fingerprint density at radius 2 is 2.00 bits per heavy atom. The number of carbonyl (C=O) groups is 1. The van der Waals surface area contributed by atoms with Crippen LogP contribution in [0.4, 0.5) is 0 Å². The smallest absolute Gasteiger partial charge is 0.320 e. The van der Waals surface area contributed by atoms with Crippen molar-refractivity contribution in [2.24, 2.45) is 5.73 Å². The third kappa shape index (κ3) is 11.4. The van der Waals surface area contributed by atoms with Gasteiger partial charge in [0, 0.05) is 0 Å². The van der Waals surface area contributed by atoms with E-state index >= 15 is 0 Å². The van der Waals surface area contributed by atoms with Crippen molar-refractivity contribution in [3.8, 4) is 0 Å². The minimum Gasteiger partial charge on any atom is -0.480 e. The molecular formula is C9H22N2O2. The first-order valence-electron chi connectivity index (χ1n) is 4.81. The summed E-state index contributed by atoms with van der Waals surface area (Å²) in [7, 11) is 1.87. The second kappa shape index (κ2) is 11.4. The zero-order valence-electron chi connectivity index (χ0n) is 8.84. The molecule has 0 aromatic rings. The first-order valence-corrected chi connectivity index (χ1v) is 4.81. The molecule has 0 aliphatic heterocycles. The molecular weight excluding hydrogens is 168 g/mol. The highest BCUT2D eigenvalue weighted by Crippen LogP contribution is 1.97. The van der Waals surface area contributed by atoms with Crippen molar-refractivity contribution in [2.75, 3.05) is 13.6 Å². The second-order valence-corrected chi connectivity index (χ2v) is 2.54. The summed E-state index contributed by atoms with van der Waals surface area (Å²) < 4.78 is 0. The Hall–Kier alpha value is -0.610. The van der Waals surface area contributed by atoms with Gasteiger partial charge in [-0.2, -0.15) is 0 Å². The minimum atomic E-state index is -0.908. The average molecular weight is 190 g/mol. The predicted octanol–water partition coefficient (Wildman–Crippen LogP) is 0.814. The molecule has 0 saturated carbocycles. The average Bonchev–Trinajstić information content (AvgIpc) is 2.15. The van der Waals surface area contributed by atoms with Crippen LogP contribution in [0.3, 0.4) is 0 Å². The van der Waals surface area contributed by atoms with Gasteiger partial charge in [-0.1, -0.05) is 20.3 Å². The number of aliphatic carboxylic acids is 1. The molecule has 80 valence electrons. The van der Waals surface area contributed by atoms with Crippen LogP contribution in [0.25, 0.3) is 0 Å². The molecule has 4 N–H and O–H groups in total. The van der Waals surface area contributed by atoms with Gasteiger partial charge in [0.15, 0.2) is 0 Å². The van der Waals surface area contributed by atoms with E-state index in [1.165, 1.54) is 0 Å². The Morgan fingerprint density at radius 1 is 1.46 bits per heavy atom. The van der Waals surface area contributed by atoms with Crippen LogP contribution in [0.1, 0.15) is 33.1 Å². The van der Waals surface area contributed by atoms with Crippen LogP contribution in [0.5, 0.6) is 0 Å². The molecule has 4 nitrogen and oxygen atoms in total. The summed E-state index contributed by atoms with van der Waals surface area (Å²) in [5.41, 5.74) is 5.28. The summed E-state index contributed by atoms with van der Waals surface area (Å²) in [6.45, 7) is 4.92. The van der Waals surface area contributed by atoms with E-state index in [2.05, 4.69) is 5.32 Å². The summed E-state index contributed by atoms with van der Waals surface area (Å²) in [6.07, 6.45) is 2.42. The quantitative estimate of drug-likeness (QED) is 0.542. The van der Waals surface area contributed by atoms with E-state index in [0.29, 0.717) is 6.42 Å². The molecule has 0 rings (SSSR count). The molecule has 0 bridgehead atoms. The van der Waals surface area contributed by atoms with Crippen LogP contribution >= 0.6 is 0 Å². The standard InChI is InChI=1S/C7H16N2O2.C2H6/c1-9-5-3-2-4-6(8)7(10)11;1-2/h6,9H,2-5,8H2,1H3,(H,10,11);1-2H3/t6-;/m0./s1. The number of nitrogens with two attached hydrogens (primary N) is 1. The van der Waals surface area contributed by atoms with Crippen LogP contribution in [-0.2, 0) is 4.79 Å². The Bertz CT molecular complexity index is 118. The van der Waals surface area contributed by atoms with Crippen molar-refractivity contribution in [3.63, 3.8) is 0 Å². The van der Waals surface area contributed by atoms with Gasteiger partial charge in [0.05, 0.1) is 0 Å². The molecule has 13 heavy (non-hydrogen) atoms. The lowest BCUT2D eigenvalue weighted by molar-refractivity contribution is -0.138. The summed E-state index contributed by atoms with van der Waals surface area (Å²) in [6, 6.07) is -0.688. The Kier molecular flexibility index (Phi) is 13.0. The fourth-order valence-corrected chi connectivity index (χ4v) is 0.790. The van der Waals surface area contributed by atoms with E-state index in [1.807, 2.05) is 20.9 Å². The van der Waals surface area contributed by atoms with Gasteiger partial charge in [-0.05, 0) is 26.4 Å². The first-order chi connectivity index (χ1) is 6.18. The molecule has 0 radical (unpaired) electrons. The number of carboxylic acids is 1. The third-order valence-corrected chi connectivity index (χ3v) is 1.51. The van der Waals surface area contributed by atoms with Crippen LogP contribution in [0.15, 0.2) is 0 Å². The molecule has 0 aromatic heterocycles. The molecule has 0 saturated heterocycles. The SMILES string of the molecule is CC.CNCCCC[C@H](N)C(=O)O. The van der Waals surface area contributed by atoms with Crippen molar-refractivity contribution in [3.05, 3.63) is 0 Å². The van der Waals surface area contributed by atoms with Crippen LogP contribution in [0.2, 0.25) is 0 Å². The normalized spacial score (nSPS) is 11.4. The Balaban J connectivity index is 0. The van der Waals surface area contributed by atoms with Gasteiger partial charge in [-0.3, -0.25) is 4.79 Å². The maximum atomic E-state index is 10.2. The monoisotopic (exact) mass is 190 g/mol. The lowest BCUT2D eigenvalue weighted by Gasteiger charge is -2.04. The molecule has 0 amide bonds. The van der Waals surface area contributed by atoms with Crippen molar-refractivity contribution < 1.29 is 9.90 Å². The predicted molar refractivity (Wildman–Crippen MR) is 54.7 cm³/mol. The van der Waals surface area contributed by atoms with Gasteiger partial charge in [-0.15, -0.1) is 0 Å².